The summed E-state index contributed by atoms with van der Waals surface area (Å²) in [6.45, 7) is 6.34. The zero-order chi connectivity index (χ0) is 14.8. The molecule has 0 spiro atoms. The summed E-state index contributed by atoms with van der Waals surface area (Å²) in [5, 5.41) is 19.2. The molecular weight excluding hydrogens is 254 g/mol. The standard InChI is InChI=1S/C16H23NO3/c1-16(2,20)14-7-4-8-17(11-14)10-12-5-3-6-13(9-12)15(18)19/h3,5-6,9,14,20H,4,7-8,10-11H2,1-2H3,(H,18,19). The highest BCUT2D eigenvalue weighted by Crippen LogP contribution is 2.27. The summed E-state index contributed by atoms with van der Waals surface area (Å²) in [7, 11) is 0. The molecule has 110 valence electrons. The third-order valence-electron chi connectivity index (χ3n) is 4.08. The second-order valence-corrected chi connectivity index (χ2v) is 6.23. The third kappa shape index (κ3) is 3.81. The summed E-state index contributed by atoms with van der Waals surface area (Å²) in [5.74, 6) is -0.612. The molecule has 0 aliphatic carbocycles. The number of aliphatic hydroxyl groups is 1. The molecule has 1 heterocycles. The van der Waals surface area contributed by atoms with E-state index < -0.39 is 11.6 Å². The van der Waals surface area contributed by atoms with Gasteiger partial charge in [-0.05, 0) is 56.8 Å². The number of piperidine rings is 1. The fourth-order valence-corrected chi connectivity index (χ4v) is 2.84. The molecule has 1 aliphatic rings. The molecule has 1 unspecified atom stereocenters. The molecule has 1 fully saturated rings. The summed E-state index contributed by atoms with van der Waals surface area (Å²) >= 11 is 0. The molecule has 2 rings (SSSR count). The first kappa shape index (κ1) is 15.0. The molecule has 1 aliphatic heterocycles. The Morgan fingerprint density at radius 2 is 2.20 bits per heavy atom. The third-order valence-corrected chi connectivity index (χ3v) is 4.08. The summed E-state index contributed by atoms with van der Waals surface area (Å²) in [5.41, 5.74) is 0.696. The topological polar surface area (TPSA) is 60.8 Å². The Kier molecular flexibility index (Phi) is 4.45. The fourth-order valence-electron chi connectivity index (χ4n) is 2.84. The van der Waals surface area contributed by atoms with Crippen LogP contribution < -0.4 is 0 Å². The number of aromatic carboxylic acids is 1. The molecule has 1 aromatic rings. The van der Waals surface area contributed by atoms with Crippen LogP contribution in [-0.4, -0.2) is 39.8 Å². The number of hydrogen-bond donors (Lipinski definition) is 2. The van der Waals surface area contributed by atoms with Crippen LogP contribution in [-0.2, 0) is 6.54 Å². The highest BCUT2D eigenvalue weighted by Gasteiger charge is 2.31. The molecule has 1 saturated heterocycles. The van der Waals surface area contributed by atoms with Crippen LogP contribution in [0.25, 0.3) is 0 Å². The lowest BCUT2D eigenvalue weighted by atomic mass is 9.84. The van der Waals surface area contributed by atoms with Gasteiger partial charge in [0.05, 0.1) is 11.2 Å². The number of likely N-dealkylation sites (tertiary alicyclic amines) is 1. The van der Waals surface area contributed by atoms with Crippen molar-refractivity contribution < 1.29 is 15.0 Å². The van der Waals surface area contributed by atoms with Gasteiger partial charge in [-0.25, -0.2) is 4.79 Å². The van der Waals surface area contributed by atoms with Gasteiger partial charge in [0.25, 0.3) is 0 Å². The van der Waals surface area contributed by atoms with Gasteiger partial charge in [-0.2, -0.15) is 0 Å². The van der Waals surface area contributed by atoms with E-state index in [1.807, 2.05) is 19.9 Å². The van der Waals surface area contributed by atoms with Crippen LogP contribution >= 0.6 is 0 Å². The molecule has 0 aromatic heterocycles. The van der Waals surface area contributed by atoms with E-state index in [4.69, 9.17) is 5.11 Å². The predicted octanol–water partition coefficient (Wildman–Crippen LogP) is 2.37. The summed E-state index contributed by atoms with van der Waals surface area (Å²) in [6, 6.07) is 7.09. The lowest BCUT2D eigenvalue weighted by Gasteiger charge is -2.38. The first-order chi connectivity index (χ1) is 9.36. The largest absolute Gasteiger partial charge is 0.478 e. The van der Waals surface area contributed by atoms with Gasteiger partial charge in [0.2, 0.25) is 0 Å². The maximum absolute atomic E-state index is 11.0. The fraction of sp³-hybridized carbons (Fsp3) is 0.562. The van der Waals surface area contributed by atoms with Crippen molar-refractivity contribution >= 4 is 5.97 Å². The van der Waals surface area contributed by atoms with E-state index in [1.54, 1.807) is 18.2 Å². The molecule has 4 nitrogen and oxygen atoms in total. The quantitative estimate of drug-likeness (QED) is 0.887. The van der Waals surface area contributed by atoms with E-state index in [-0.39, 0.29) is 5.92 Å². The van der Waals surface area contributed by atoms with Crippen LogP contribution in [0.15, 0.2) is 24.3 Å². The van der Waals surface area contributed by atoms with Crippen LogP contribution in [0.2, 0.25) is 0 Å². The lowest BCUT2D eigenvalue weighted by Crippen LogP contribution is -2.44. The molecule has 0 saturated carbocycles. The molecule has 0 amide bonds. The van der Waals surface area contributed by atoms with Crippen molar-refractivity contribution in [3.63, 3.8) is 0 Å². The van der Waals surface area contributed by atoms with Crippen molar-refractivity contribution in [3.8, 4) is 0 Å². The molecule has 2 N–H and O–H groups in total. The number of nitrogens with zero attached hydrogens (tertiary/aromatic N) is 1. The van der Waals surface area contributed by atoms with Crippen molar-refractivity contribution in [2.24, 2.45) is 5.92 Å². The van der Waals surface area contributed by atoms with Gasteiger partial charge >= 0.3 is 5.97 Å². The highest BCUT2D eigenvalue weighted by atomic mass is 16.4. The minimum absolute atomic E-state index is 0.277. The minimum Gasteiger partial charge on any atom is -0.478 e. The second-order valence-electron chi connectivity index (χ2n) is 6.23. The number of carbonyl (C=O) groups is 1. The number of benzene rings is 1. The molecule has 1 atom stereocenters. The first-order valence-corrected chi connectivity index (χ1v) is 7.13. The van der Waals surface area contributed by atoms with Crippen molar-refractivity contribution in [2.45, 2.75) is 38.8 Å². The van der Waals surface area contributed by atoms with Gasteiger partial charge in [0, 0.05) is 13.1 Å². The Labute approximate surface area is 120 Å². The van der Waals surface area contributed by atoms with Gasteiger partial charge in [0.1, 0.15) is 0 Å². The molecule has 1 aromatic carbocycles. The average molecular weight is 277 g/mol. The van der Waals surface area contributed by atoms with Crippen molar-refractivity contribution in [1.82, 2.24) is 4.90 Å². The van der Waals surface area contributed by atoms with E-state index in [0.29, 0.717) is 5.56 Å². The SMILES string of the molecule is CC(C)(O)C1CCCN(Cc2cccc(C(=O)O)c2)C1. The molecule has 0 bridgehead atoms. The van der Waals surface area contributed by atoms with E-state index >= 15 is 0 Å². The zero-order valence-corrected chi connectivity index (χ0v) is 12.2. The predicted molar refractivity (Wildman–Crippen MR) is 77.7 cm³/mol. The van der Waals surface area contributed by atoms with Crippen molar-refractivity contribution in [2.75, 3.05) is 13.1 Å². The van der Waals surface area contributed by atoms with E-state index in [0.717, 1.165) is 38.0 Å². The number of carboxylic acids is 1. The van der Waals surface area contributed by atoms with Gasteiger partial charge in [0.15, 0.2) is 0 Å². The number of rotatable bonds is 4. The van der Waals surface area contributed by atoms with Gasteiger partial charge in [-0.3, -0.25) is 4.90 Å². The van der Waals surface area contributed by atoms with Crippen LogP contribution in [0.3, 0.4) is 0 Å². The Morgan fingerprint density at radius 3 is 2.85 bits per heavy atom. The smallest absolute Gasteiger partial charge is 0.335 e. The summed E-state index contributed by atoms with van der Waals surface area (Å²) in [4.78, 5) is 13.3. The summed E-state index contributed by atoms with van der Waals surface area (Å²) in [6.07, 6.45) is 2.13. The van der Waals surface area contributed by atoms with Crippen LogP contribution in [0.4, 0.5) is 0 Å². The maximum atomic E-state index is 11.0. The second kappa shape index (κ2) is 5.94. The van der Waals surface area contributed by atoms with E-state index in [9.17, 15) is 9.90 Å². The van der Waals surface area contributed by atoms with Crippen LogP contribution in [0.5, 0.6) is 0 Å². The molecule has 0 radical (unpaired) electrons. The van der Waals surface area contributed by atoms with Crippen LogP contribution in [0.1, 0.15) is 42.6 Å². The Morgan fingerprint density at radius 1 is 1.45 bits per heavy atom. The first-order valence-electron chi connectivity index (χ1n) is 7.13. The Balaban J connectivity index is 2.03. The van der Waals surface area contributed by atoms with Crippen LogP contribution in [0, 0.1) is 5.92 Å². The van der Waals surface area contributed by atoms with E-state index in [1.165, 1.54) is 0 Å². The molecule has 20 heavy (non-hydrogen) atoms. The minimum atomic E-state index is -0.889. The van der Waals surface area contributed by atoms with Gasteiger partial charge in [-0.15, -0.1) is 0 Å². The van der Waals surface area contributed by atoms with Gasteiger partial charge in [-0.1, -0.05) is 12.1 Å². The molecule has 4 heteroatoms. The Bertz CT molecular complexity index is 479. The normalized spacial score (nSPS) is 20.9. The number of carboxylic acid groups (broad SMARTS) is 1. The highest BCUT2D eigenvalue weighted by molar-refractivity contribution is 5.87. The zero-order valence-electron chi connectivity index (χ0n) is 12.2. The summed E-state index contributed by atoms with van der Waals surface area (Å²) < 4.78 is 0. The lowest BCUT2D eigenvalue weighted by molar-refractivity contribution is -0.0198. The monoisotopic (exact) mass is 277 g/mol. The molecular formula is C16H23NO3. The average Bonchev–Trinajstić information content (AvgIpc) is 2.38. The Hall–Kier alpha value is -1.39. The van der Waals surface area contributed by atoms with Crippen molar-refractivity contribution in [1.29, 1.82) is 0 Å². The maximum Gasteiger partial charge on any atom is 0.335 e. The number of hydrogen-bond acceptors (Lipinski definition) is 3. The van der Waals surface area contributed by atoms with Gasteiger partial charge < -0.3 is 10.2 Å². The van der Waals surface area contributed by atoms with E-state index in [2.05, 4.69) is 4.90 Å². The van der Waals surface area contributed by atoms with Crippen molar-refractivity contribution in [3.05, 3.63) is 35.4 Å².